The number of hydrogen-bond acceptors (Lipinski definition) is 4. The molecule has 0 saturated carbocycles. The third-order valence-corrected chi connectivity index (χ3v) is 2.70. The van der Waals surface area contributed by atoms with E-state index >= 15 is 0 Å². The minimum Gasteiger partial charge on any atom is -0.508 e. The topological polar surface area (TPSA) is 94.8 Å². The monoisotopic (exact) mass is 218 g/mol. The Morgan fingerprint density at radius 2 is 1.79 bits per heavy atom. The summed E-state index contributed by atoms with van der Waals surface area (Å²) in [4.78, 5) is -0.688. The number of hydrogen-bond donors (Lipinski definition) is 3. The van der Waals surface area contributed by atoms with Gasteiger partial charge in [-0.15, -0.1) is 0 Å². The molecule has 0 heterocycles. The lowest BCUT2D eigenvalue weighted by Gasteiger charge is -2.05. The highest BCUT2D eigenvalue weighted by Gasteiger charge is 2.17. The quantitative estimate of drug-likeness (QED) is 0.506. The molecule has 0 amide bonds. The second kappa shape index (κ2) is 3.47. The molecular formula is C8H10O5S. The fraction of sp³-hybridized carbons (Fsp3) is 0.250. The summed E-state index contributed by atoms with van der Waals surface area (Å²) in [5.74, 6) is -0.833. The normalized spacial score (nSPS) is 11.6. The number of aromatic hydroxyl groups is 2. The van der Waals surface area contributed by atoms with Crippen molar-refractivity contribution in [2.75, 3.05) is 0 Å². The van der Waals surface area contributed by atoms with Crippen molar-refractivity contribution in [1.29, 1.82) is 0 Å². The molecule has 5 nitrogen and oxygen atoms in total. The van der Waals surface area contributed by atoms with Crippen LogP contribution in [0.25, 0.3) is 0 Å². The fourth-order valence-electron chi connectivity index (χ4n) is 1.09. The smallest absolute Gasteiger partial charge is 0.298 e. The van der Waals surface area contributed by atoms with Crippen molar-refractivity contribution in [2.45, 2.75) is 18.2 Å². The molecule has 1 aromatic rings. The van der Waals surface area contributed by atoms with Crippen LogP contribution < -0.4 is 0 Å². The minimum atomic E-state index is -4.49. The van der Waals surface area contributed by atoms with E-state index in [1.165, 1.54) is 0 Å². The van der Waals surface area contributed by atoms with Gasteiger partial charge in [0.25, 0.3) is 10.1 Å². The van der Waals surface area contributed by atoms with Crippen molar-refractivity contribution < 1.29 is 23.2 Å². The summed E-state index contributed by atoms with van der Waals surface area (Å²) in [6.45, 7) is 1.74. The first kappa shape index (κ1) is 10.8. The summed E-state index contributed by atoms with van der Waals surface area (Å²) in [5.41, 5.74) is 0.412. The summed E-state index contributed by atoms with van der Waals surface area (Å²) < 4.78 is 30.0. The van der Waals surface area contributed by atoms with Crippen LogP contribution in [0.1, 0.15) is 12.5 Å². The number of rotatable bonds is 2. The Kier molecular flexibility index (Phi) is 2.68. The predicted molar refractivity (Wildman–Crippen MR) is 49.0 cm³/mol. The molecule has 0 aromatic heterocycles. The Morgan fingerprint density at radius 1 is 1.21 bits per heavy atom. The Bertz CT molecular complexity index is 449. The Hall–Kier alpha value is -1.27. The summed E-state index contributed by atoms with van der Waals surface area (Å²) in [6.07, 6.45) is 0.450. The van der Waals surface area contributed by atoms with Crippen LogP contribution in [0.3, 0.4) is 0 Å². The van der Waals surface area contributed by atoms with E-state index in [1.54, 1.807) is 6.92 Å². The molecule has 0 unspecified atom stereocenters. The van der Waals surface area contributed by atoms with Crippen LogP contribution >= 0.6 is 0 Å². The molecule has 0 aliphatic rings. The van der Waals surface area contributed by atoms with Crippen molar-refractivity contribution in [3.05, 3.63) is 17.7 Å². The molecule has 6 heteroatoms. The zero-order valence-electron chi connectivity index (χ0n) is 7.43. The minimum absolute atomic E-state index is 0.266. The summed E-state index contributed by atoms with van der Waals surface area (Å²) in [5, 5.41) is 18.5. The number of benzene rings is 1. The van der Waals surface area contributed by atoms with Gasteiger partial charge in [-0.3, -0.25) is 4.55 Å². The number of phenolic OH excluding ortho intramolecular Hbond substituents is 2. The van der Waals surface area contributed by atoms with E-state index in [1.807, 2.05) is 0 Å². The maximum Gasteiger partial charge on any atom is 0.298 e. The van der Waals surface area contributed by atoms with E-state index in [4.69, 9.17) is 4.55 Å². The zero-order valence-corrected chi connectivity index (χ0v) is 8.24. The highest BCUT2D eigenvalue weighted by atomic mass is 32.2. The van der Waals surface area contributed by atoms with Crippen LogP contribution in [0.4, 0.5) is 0 Å². The molecule has 0 saturated heterocycles. The SMILES string of the molecule is CCc1cc(O)c(S(=O)(=O)O)cc1O. The van der Waals surface area contributed by atoms with Gasteiger partial charge in [0.2, 0.25) is 0 Å². The van der Waals surface area contributed by atoms with E-state index in [9.17, 15) is 18.6 Å². The van der Waals surface area contributed by atoms with E-state index in [0.717, 1.165) is 12.1 Å². The Morgan fingerprint density at radius 3 is 2.21 bits per heavy atom. The summed E-state index contributed by atoms with van der Waals surface area (Å²) >= 11 is 0. The lowest BCUT2D eigenvalue weighted by molar-refractivity contribution is 0.430. The second-order valence-corrected chi connectivity index (χ2v) is 4.17. The highest BCUT2D eigenvalue weighted by Crippen LogP contribution is 2.30. The van der Waals surface area contributed by atoms with Crippen LogP contribution in [0.5, 0.6) is 11.5 Å². The van der Waals surface area contributed by atoms with E-state index in [2.05, 4.69) is 0 Å². The lowest BCUT2D eigenvalue weighted by atomic mass is 10.1. The fourth-order valence-corrected chi connectivity index (χ4v) is 1.67. The van der Waals surface area contributed by atoms with Crippen LogP contribution in [-0.2, 0) is 16.5 Å². The van der Waals surface area contributed by atoms with Crippen LogP contribution in [-0.4, -0.2) is 23.2 Å². The van der Waals surface area contributed by atoms with Crippen molar-refractivity contribution >= 4 is 10.1 Å². The second-order valence-electron chi connectivity index (χ2n) is 2.78. The van der Waals surface area contributed by atoms with Gasteiger partial charge in [-0.05, 0) is 18.1 Å². The molecule has 0 spiro atoms. The van der Waals surface area contributed by atoms with Gasteiger partial charge >= 0.3 is 0 Å². The summed E-state index contributed by atoms with van der Waals surface area (Å²) in [7, 11) is -4.49. The molecule has 0 radical (unpaired) electrons. The largest absolute Gasteiger partial charge is 0.508 e. The third-order valence-electron chi connectivity index (χ3n) is 1.82. The van der Waals surface area contributed by atoms with E-state index < -0.39 is 20.8 Å². The lowest BCUT2D eigenvalue weighted by Crippen LogP contribution is -1.99. The Balaban J connectivity index is 3.44. The predicted octanol–water partition coefficient (Wildman–Crippen LogP) is 0.907. The molecule has 14 heavy (non-hydrogen) atoms. The first-order chi connectivity index (χ1) is 6.36. The van der Waals surface area contributed by atoms with Gasteiger partial charge in [-0.25, -0.2) is 0 Å². The van der Waals surface area contributed by atoms with Crippen LogP contribution in [0, 0.1) is 0 Å². The highest BCUT2D eigenvalue weighted by molar-refractivity contribution is 7.86. The van der Waals surface area contributed by atoms with Crippen molar-refractivity contribution in [2.24, 2.45) is 0 Å². The molecule has 0 aliphatic heterocycles. The number of aryl methyl sites for hydroxylation is 1. The van der Waals surface area contributed by atoms with E-state index in [-0.39, 0.29) is 5.75 Å². The van der Waals surface area contributed by atoms with Gasteiger partial charge in [0.05, 0.1) is 0 Å². The molecule has 0 bridgehead atoms. The number of phenols is 2. The standard InChI is InChI=1S/C8H10O5S/c1-2-5-3-7(10)8(4-6(5)9)14(11,12)13/h3-4,9-10H,2H2,1H3,(H,11,12,13). The van der Waals surface area contributed by atoms with E-state index in [0.29, 0.717) is 12.0 Å². The van der Waals surface area contributed by atoms with Crippen molar-refractivity contribution in [1.82, 2.24) is 0 Å². The molecule has 0 fully saturated rings. The maximum atomic E-state index is 10.7. The average Bonchev–Trinajstić information content (AvgIpc) is 2.06. The molecular weight excluding hydrogens is 208 g/mol. The maximum absolute atomic E-state index is 10.7. The molecule has 0 atom stereocenters. The van der Waals surface area contributed by atoms with Gasteiger partial charge < -0.3 is 10.2 Å². The Labute approximate surface area is 81.4 Å². The molecule has 1 aromatic carbocycles. The first-order valence-corrected chi connectivity index (χ1v) is 5.32. The third kappa shape index (κ3) is 1.97. The van der Waals surface area contributed by atoms with Gasteiger partial charge in [0, 0.05) is 6.07 Å². The molecule has 0 aliphatic carbocycles. The van der Waals surface area contributed by atoms with Crippen molar-refractivity contribution in [3.63, 3.8) is 0 Å². The van der Waals surface area contributed by atoms with Crippen molar-refractivity contribution in [3.8, 4) is 11.5 Å². The summed E-state index contributed by atoms with van der Waals surface area (Å²) in [6, 6.07) is 1.93. The van der Waals surface area contributed by atoms with Gasteiger partial charge in [0.15, 0.2) is 0 Å². The zero-order chi connectivity index (χ0) is 10.9. The first-order valence-electron chi connectivity index (χ1n) is 3.88. The molecule has 3 N–H and O–H groups in total. The molecule has 78 valence electrons. The van der Waals surface area contributed by atoms with Crippen LogP contribution in [0.15, 0.2) is 17.0 Å². The van der Waals surface area contributed by atoms with Gasteiger partial charge in [-0.2, -0.15) is 8.42 Å². The van der Waals surface area contributed by atoms with Gasteiger partial charge in [0.1, 0.15) is 16.4 Å². The molecule has 1 rings (SSSR count). The average molecular weight is 218 g/mol. The van der Waals surface area contributed by atoms with Gasteiger partial charge in [-0.1, -0.05) is 6.92 Å². The van der Waals surface area contributed by atoms with Crippen LogP contribution in [0.2, 0.25) is 0 Å².